The Morgan fingerprint density at radius 3 is 2.30 bits per heavy atom. The number of nitrogens with two attached hydrogens (primary N) is 1. The molecular weight excluding hydrogens is 584 g/mol. The first-order chi connectivity index (χ1) is 21.9. The van der Waals surface area contributed by atoms with Gasteiger partial charge in [0.1, 0.15) is 17.5 Å². The Kier molecular flexibility index (Phi) is 10.2. The molecular formula is C35H50N6O5. The zero-order valence-corrected chi connectivity index (χ0v) is 28.0. The summed E-state index contributed by atoms with van der Waals surface area (Å²) in [4.78, 5) is 51.8. The molecule has 3 N–H and O–H groups in total. The highest BCUT2D eigenvalue weighted by Crippen LogP contribution is 2.38. The molecule has 2 atom stereocenters. The molecule has 3 fully saturated rings. The average molecular weight is 635 g/mol. The molecule has 1 saturated carbocycles. The van der Waals surface area contributed by atoms with Crippen LogP contribution in [0.3, 0.4) is 0 Å². The van der Waals surface area contributed by atoms with Crippen molar-refractivity contribution in [3.8, 4) is 0 Å². The summed E-state index contributed by atoms with van der Waals surface area (Å²) in [5.41, 5.74) is 7.21. The number of rotatable bonds is 9. The maximum Gasteiger partial charge on any atom is 0.328 e. The number of amides is 1. The van der Waals surface area contributed by atoms with Gasteiger partial charge >= 0.3 is 11.9 Å². The fourth-order valence-electron chi connectivity index (χ4n) is 7.40. The summed E-state index contributed by atoms with van der Waals surface area (Å²) in [6.07, 6.45) is 10.5. The summed E-state index contributed by atoms with van der Waals surface area (Å²) in [6.45, 7) is 10.6. The minimum Gasteiger partial charge on any atom is -0.467 e. The van der Waals surface area contributed by atoms with Crippen molar-refractivity contribution in [3.63, 3.8) is 0 Å². The minimum absolute atomic E-state index is 0.00370. The second-order valence-corrected chi connectivity index (χ2v) is 14.4. The second kappa shape index (κ2) is 13.9. The number of primary amides is 1. The van der Waals surface area contributed by atoms with Gasteiger partial charge in [0, 0.05) is 24.2 Å². The Labute approximate surface area is 272 Å². The molecule has 2 aliphatic heterocycles. The molecule has 1 aliphatic carbocycles. The van der Waals surface area contributed by atoms with Crippen LogP contribution in [0.4, 0.5) is 17.3 Å². The van der Waals surface area contributed by atoms with E-state index in [0.717, 1.165) is 44.1 Å². The molecule has 1 amide bonds. The highest BCUT2D eigenvalue weighted by molar-refractivity contribution is 5.96. The van der Waals surface area contributed by atoms with E-state index in [0.29, 0.717) is 18.8 Å². The zero-order chi connectivity index (χ0) is 33.1. The number of nitrogens with one attached hydrogen (secondary N) is 1. The van der Waals surface area contributed by atoms with Crippen LogP contribution in [0.5, 0.6) is 0 Å². The molecule has 2 aromatic rings. The summed E-state index contributed by atoms with van der Waals surface area (Å²) < 4.78 is 10.7. The molecule has 11 heteroatoms. The van der Waals surface area contributed by atoms with E-state index in [2.05, 4.69) is 34.3 Å². The first-order valence-electron chi connectivity index (χ1n) is 16.7. The van der Waals surface area contributed by atoms with Crippen LogP contribution in [0.15, 0.2) is 30.5 Å². The number of esters is 2. The number of aromatic nitrogens is 2. The number of benzene rings is 1. The van der Waals surface area contributed by atoms with Crippen molar-refractivity contribution in [2.45, 2.75) is 109 Å². The van der Waals surface area contributed by atoms with Crippen molar-refractivity contribution in [3.05, 3.63) is 41.7 Å². The lowest BCUT2D eigenvalue weighted by atomic mass is 9.74. The van der Waals surface area contributed by atoms with Crippen molar-refractivity contribution < 1.29 is 23.9 Å². The molecule has 5 rings (SSSR count). The van der Waals surface area contributed by atoms with Gasteiger partial charge in [0.15, 0.2) is 11.5 Å². The number of likely N-dealkylation sites (tertiary alicyclic amines) is 1. The quantitative estimate of drug-likeness (QED) is 0.358. The lowest BCUT2D eigenvalue weighted by Crippen LogP contribution is -2.52. The first-order valence-corrected chi connectivity index (χ1v) is 16.7. The van der Waals surface area contributed by atoms with Crippen molar-refractivity contribution in [2.75, 3.05) is 37.0 Å². The van der Waals surface area contributed by atoms with E-state index in [1.165, 1.54) is 44.6 Å². The Bertz CT molecular complexity index is 1390. The third-order valence-electron chi connectivity index (χ3n) is 9.92. The smallest absolute Gasteiger partial charge is 0.328 e. The van der Waals surface area contributed by atoms with Gasteiger partial charge in [-0.15, -0.1) is 0 Å². The van der Waals surface area contributed by atoms with Gasteiger partial charge in [0.2, 0.25) is 0 Å². The van der Waals surface area contributed by atoms with Crippen LogP contribution in [0, 0.1) is 5.92 Å². The number of ether oxygens (including phenoxy) is 2. The van der Waals surface area contributed by atoms with Crippen LogP contribution in [-0.2, 0) is 24.5 Å². The molecule has 1 aromatic heterocycles. The Balaban J connectivity index is 1.33. The highest BCUT2D eigenvalue weighted by Gasteiger charge is 2.41. The fraction of sp³-hybridized carbons (Fsp3) is 0.629. The first kappa shape index (κ1) is 33.6. The van der Waals surface area contributed by atoms with E-state index in [1.807, 2.05) is 32.9 Å². The normalized spacial score (nSPS) is 22.3. The number of hydrogen-bond acceptors (Lipinski definition) is 10. The summed E-state index contributed by atoms with van der Waals surface area (Å²) in [7, 11) is 1.33. The van der Waals surface area contributed by atoms with Crippen LogP contribution in [0.25, 0.3) is 0 Å². The van der Waals surface area contributed by atoms with Gasteiger partial charge in [0.05, 0.1) is 19.7 Å². The molecule has 0 radical (unpaired) electrons. The molecule has 3 aliphatic rings. The van der Waals surface area contributed by atoms with Crippen molar-refractivity contribution in [1.29, 1.82) is 0 Å². The Hall–Kier alpha value is -3.73. The zero-order valence-electron chi connectivity index (χ0n) is 28.0. The minimum atomic E-state index is -0.770. The predicted molar refractivity (Wildman–Crippen MR) is 177 cm³/mol. The van der Waals surface area contributed by atoms with Crippen molar-refractivity contribution >= 4 is 35.2 Å². The number of hydrogen-bond donors (Lipinski definition) is 2. The Morgan fingerprint density at radius 2 is 1.70 bits per heavy atom. The number of carbonyl (C=O) groups excluding carboxylic acids is 3. The Morgan fingerprint density at radius 1 is 1.02 bits per heavy atom. The largest absolute Gasteiger partial charge is 0.467 e. The molecule has 250 valence electrons. The highest BCUT2D eigenvalue weighted by atomic mass is 16.6. The molecule has 2 saturated heterocycles. The van der Waals surface area contributed by atoms with Crippen LogP contribution in [0.1, 0.15) is 102 Å². The molecule has 1 aromatic carbocycles. The van der Waals surface area contributed by atoms with E-state index in [4.69, 9.17) is 20.2 Å². The maximum absolute atomic E-state index is 13.1. The van der Waals surface area contributed by atoms with Crippen LogP contribution < -0.4 is 16.0 Å². The third-order valence-corrected chi connectivity index (χ3v) is 9.92. The summed E-state index contributed by atoms with van der Waals surface area (Å²) >= 11 is 0. The van der Waals surface area contributed by atoms with Gasteiger partial charge in [-0.25, -0.2) is 14.8 Å². The second-order valence-electron chi connectivity index (χ2n) is 14.4. The van der Waals surface area contributed by atoms with Crippen LogP contribution in [-0.4, -0.2) is 77.1 Å². The predicted octanol–water partition coefficient (Wildman–Crippen LogP) is 5.11. The van der Waals surface area contributed by atoms with E-state index in [-0.39, 0.29) is 35.2 Å². The standard InChI is InChI=1S/C35H50N6O5/c1-34(2,3)46-28(42)21-23-9-8-18-41(30(23)33(44)45-5)27-22-37-29(31(36)43)32(39-27)38-25-14-12-24(13-15-25)35(4)16-19-40(20-17-35)26-10-6-7-11-26/h12-15,22-23,26,30H,6-11,16-21H2,1-5H3,(H2,36,43)(H,38,39). The van der Waals surface area contributed by atoms with Gasteiger partial charge in [-0.2, -0.15) is 0 Å². The molecule has 0 bridgehead atoms. The molecule has 2 unspecified atom stereocenters. The van der Waals surface area contributed by atoms with Gasteiger partial charge in [0.25, 0.3) is 5.91 Å². The number of nitrogens with zero attached hydrogens (tertiary/aromatic N) is 4. The summed E-state index contributed by atoms with van der Waals surface area (Å²) in [6, 6.07) is 8.28. The summed E-state index contributed by atoms with van der Waals surface area (Å²) in [5.74, 6) is -1.32. The fourth-order valence-corrected chi connectivity index (χ4v) is 7.40. The van der Waals surface area contributed by atoms with Gasteiger partial charge in [-0.05, 0) is 95.5 Å². The number of methoxy groups -OCH3 is 1. The molecule has 11 nitrogen and oxygen atoms in total. The number of piperidine rings is 2. The van der Waals surface area contributed by atoms with Crippen LogP contribution >= 0.6 is 0 Å². The van der Waals surface area contributed by atoms with E-state index in [1.54, 1.807) is 4.90 Å². The maximum atomic E-state index is 13.1. The number of carbonyl (C=O) groups is 3. The van der Waals surface area contributed by atoms with Gasteiger partial charge in [-0.3, -0.25) is 9.59 Å². The monoisotopic (exact) mass is 634 g/mol. The van der Waals surface area contributed by atoms with Crippen LogP contribution in [0.2, 0.25) is 0 Å². The lowest BCUT2D eigenvalue weighted by Gasteiger charge is -2.42. The summed E-state index contributed by atoms with van der Waals surface area (Å²) in [5, 5.41) is 3.25. The molecule has 3 heterocycles. The van der Waals surface area contributed by atoms with E-state index < -0.39 is 23.5 Å². The molecule has 0 spiro atoms. The third kappa shape index (κ3) is 7.79. The van der Waals surface area contributed by atoms with Gasteiger partial charge in [-0.1, -0.05) is 31.9 Å². The van der Waals surface area contributed by atoms with Crippen molar-refractivity contribution in [2.24, 2.45) is 11.7 Å². The lowest BCUT2D eigenvalue weighted by molar-refractivity contribution is -0.157. The van der Waals surface area contributed by atoms with Gasteiger partial charge < -0.3 is 30.3 Å². The van der Waals surface area contributed by atoms with Crippen molar-refractivity contribution in [1.82, 2.24) is 14.9 Å². The average Bonchev–Trinajstić information content (AvgIpc) is 3.55. The SMILES string of the molecule is COC(=O)C1C(CC(=O)OC(C)(C)C)CCCN1c1cnc(C(N)=O)c(Nc2ccc(C3(C)CCN(C4CCCC4)CC3)cc2)n1. The van der Waals surface area contributed by atoms with E-state index in [9.17, 15) is 14.4 Å². The number of anilines is 3. The van der Waals surface area contributed by atoms with E-state index >= 15 is 0 Å². The molecule has 46 heavy (non-hydrogen) atoms. The topological polar surface area (TPSA) is 140 Å².